The monoisotopic (exact) mass is 350 g/mol. The third-order valence-corrected chi connectivity index (χ3v) is 4.59. The normalized spacial score (nSPS) is 21.1. The fourth-order valence-electron chi connectivity index (χ4n) is 2.97. The van der Waals surface area contributed by atoms with Gasteiger partial charge in [0.1, 0.15) is 0 Å². The van der Waals surface area contributed by atoms with Crippen LogP contribution in [0, 0.1) is 0 Å². The van der Waals surface area contributed by atoms with Gasteiger partial charge in [0.05, 0.1) is 6.04 Å². The number of urea groups is 1. The number of rotatable bonds is 3. The lowest BCUT2D eigenvalue weighted by Gasteiger charge is -2.33. The third kappa shape index (κ3) is 3.62. The van der Waals surface area contributed by atoms with Crippen LogP contribution in [0.3, 0.4) is 0 Å². The number of hydrogen-bond acceptors (Lipinski definition) is 3. The third-order valence-electron chi connectivity index (χ3n) is 4.34. The minimum Gasteiger partial charge on any atom is -0.342 e. The summed E-state index contributed by atoms with van der Waals surface area (Å²) in [5.74, 6) is -0.0200. The first kappa shape index (κ1) is 16.6. The molecule has 1 atom stereocenters. The fourth-order valence-corrected chi connectivity index (χ4v) is 3.10. The minimum absolute atomic E-state index is 0.0200. The van der Waals surface area contributed by atoms with E-state index in [4.69, 9.17) is 11.6 Å². The summed E-state index contributed by atoms with van der Waals surface area (Å²) in [6, 6.07) is 6.67. The number of anilines is 1. The van der Waals surface area contributed by atoms with Crippen molar-refractivity contribution in [2.24, 2.45) is 0 Å². The van der Waals surface area contributed by atoms with Gasteiger partial charge in [0.25, 0.3) is 0 Å². The highest BCUT2D eigenvalue weighted by atomic mass is 35.5. The zero-order valence-corrected chi connectivity index (χ0v) is 13.9. The van der Waals surface area contributed by atoms with E-state index in [-0.39, 0.29) is 24.4 Å². The van der Waals surface area contributed by atoms with E-state index < -0.39 is 0 Å². The van der Waals surface area contributed by atoms with Gasteiger partial charge in [-0.05, 0) is 24.3 Å². The topological polar surface area (TPSA) is 73.0 Å². The number of carbonyl (C=O) groups is 3. The summed E-state index contributed by atoms with van der Waals surface area (Å²) in [7, 11) is 0. The molecule has 128 valence electrons. The van der Waals surface area contributed by atoms with E-state index in [1.807, 2.05) is 0 Å². The van der Waals surface area contributed by atoms with Crippen LogP contribution in [-0.4, -0.2) is 66.9 Å². The van der Waals surface area contributed by atoms with Gasteiger partial charge in [-0.25, -0.2) is 4.79 Å². The first-order valence-electron chi connectivity index (χ1n) is 7.87. The van der Waals surface area contributed by atoms with Crippen LogP contribution in [0.15, 0.2) is 24.3 Å². The number of hydrogen-bond donors (Lipinski definition) is 1. The predicted molar refractivity (Wildman–Crippen MR) is 90.0 cm³/mol. The van der Waals surface area contributed by atoms with Crippen LogP contribution in [0.5, 0.6) is 0 Å². The predicted octanol–water partition coefficient (Wildman–Crippen LogP) is 0.929. The second kappa shape index (κ2) is 7.09. The van der Waals surface area contributed by atoms with Crippen molar-refractivity contribution in [1.29, 1.82) is 0 Å². The smallest absolute Gasteiger partial charge is 0.317 e. The number of piperazine rings is 1. The van der Waals surface area contributed by atoms with E-state index in [2.05, 4.69) is 5.32 Å². The molecule has 2 saturated heterocycles. The Hall–Kier alpha value is -2.28. The van der Waals surface area contributed by atoms with Crippen molar-refractivity contribution in [3.8, 4) is 0 Å². The molecule has 4 amide bonds. The van der Waals surface area contributed by atoms with Gasteiger partial charge in [-0.15, -0.1) is 0 Å². The second-order valence-corrected chi connectivity index (χ2v) is 6.40. The van der Waals surface area contributed by atoms with Crippen molar-refractivity contribution in [3.05, 3.63) is 29.3 Å². The van der Waals surface area contributed by atoms with E-state index in [0.717, 1.165) is 12.1 Å². The summed E-state index contributed by atoms with van der Waals surface area (Å²) in [6.07, 6.45) is 1.08. The van der Waals surface area contributed by atoms with Crippen LogP contribution >= 0.6 is 11.6 Å². The van der Waals surface area contributed by atoms with Crippen LogP contribution in [0.25, 0.3) is 0 Å². The number of amides is 4. The van der Waals surface area contributed by atoms with Gasteiger partial charge in [-0.3, -0.25) is 9.59 Å². The Balaban J connectivity index is 1.55. The Morgan fingerprint density at radius 3 is 2.46 bits per heavy atom. The average Bonchev–Trinajstić information content (AvgIpc) is 2.96. The number of halogens is 1. The molecule has 0 unspecified atom stereocenters. The van der Waals surface area contributed by atoms with Crippen molar-refractivity contribution in [3.63, 3.8) is 0 Å². The highest BCUT2D eigenvalue weighted by molar-refractivity contribution is 6.30. The number of benzene rings is 1. The van der Waals surface area contributed by atoms with Crippen LogP contribution in [0.1, 0.15) is 6.42 Å². The zero-order chi connectivity index (χ0) is 17.1. The Kier molecular flexibility index (Phi) is 4.89. The first-order chi connectivity index (χ1) is 11.6. The summed E-state index contributed by atoms with van der Waals surface area (Å²) >= 11 is 5.87. The van der Waals surface area contributed by atoms with Crippen molar-refractivity contribution < 1.29 is 14.4 Å². The second-order valence-electron chi connectivity index (χ2n) is 5.96. The molecule has 0 aliphatic carbocycles. The van der Waals surface area contributed by atoms with E-state index >= 15 is 0 Å². The maximum atomic E-state index is 12.3. The van der Waals surface area contributed by atoms with Gasteiger partial charge < -0.3 is 20.0 Å². The standard InChI is InChI=1S/C16H19ClN4O3/c17-12-1-3-14(4-2-12)21-10-13(9-15(21)23)18-16(24)20-7-5-19(11-22)6-8-20/h1-4,11,13H,5-10H2,(H,18,24)/t13-/m1/s1. The van der Waals surface area contributed by atoms with Gasteiger partial charge in [-0.1, -0.05) is 11.6 Å². The molecule has 0 spiro atoms. The summed E-state index contributed by atoms with van der Waals surface area (Å²) in [5.41, 5.74) is 0.778. The number of nitrogens with zero attached hydrogens (tertiary/aromatic N) is 3. The molecule has 1 aromatic rings. The van der Waals surface area contributed by atoms with Crippen LogP contribution < -0.4 is 10.2 Å². The highest BCUT2D eigenvalue weighted by Crippen LogP contribution is 2.23. The Morgan fingerprint density at radius 1 is 1.17 bits per heavy atom. The quantitative estimate of drug-likeness (QED) is 0.824. The molecule has 2 fully saturated rings. The van der Waals surface area contributed by atoms with E-state index in [0.29, 0.717) is 37.7 Å². The molecule has 2 heterocycles. The molecule has 3 rings (SSSR count). The maximum absolute atomic E-state index is 12.3. The minimum atomic E-state index is -0.218. The molecule has 0 saturated carbocycles. The molecule has 24 heavy (non-hydrogen) atoms. The van der Waals surface area contributed by atoms with Crippen molar-refractivity contribution in [2.45, 2.75) is 12.5 Å². The van der Waals surface area contributed by atoms with Crippen LogP contribution in [0.2, 0.25) is 5.02 Å². The molecule has 8 heteroatoms. The summed E-state index contributed by atoms with van der Waals surface area (Å²) in [4.78, 5) is 40.2. The Bertz CT molecular complexity index is 629. The first-order valence-corrected chi connectivity index (χ1v) is 8.25. The van der Waals surface area contributed by atoms with Gasteiger partial charge in [-0.2, -0.15) is 0 Å². The summed E-state index contributed by atoms with van der Waals surface area (Å²) in [6.45, 7) is 2.54. The molecule has 7 nitrogen and oxygen atoms in total. The van der Waals surface area contributed by atoms with E-state index in [1.54, 1.807) is 39.0 Å². The van der Waals surface area contributed by atoms with Crippen molar-refractivity contribution >= 4 is 35.6 Å². The summed E-state index contributed by atoms with van der Waals surface area (Å²) in [5, 5.41) is 3.53. The largest absolute Gasteiger partial charge is 0.342 e. The van der Waals surface area contributed by atoms with Crippen molar-refractivity contribution in [2.75, 3.05) is 37.6 Å². The maximum Gasteiger partial charge on any atom is 0.317 e. The van der Waals surface area contributed by atoms with Crippen LogP contribution in [0.4, 0.5) is 10.5 Å². The van der Waals surface area contributed by atoms with Gasteiger partial charge in [0.2, 0.25) is 12.3 Å². The van der Waals surface area contributed by atoms with E-state index in [1.165, 1.54) is 0 Å². The molecule has 0 bridgehead atoms. The lowest BCUT2D eigenvalue weighted by molar-refractivity contribution is -0.119. The van der Waals surface area contributed by atoms with Gasteiger partial charge >= 0.3 is 6.03 Å². The van der Waals surface area contributed by atoms with Crippen molar-refractivity contribution in [1.82, 2.24) is 15.1 Å². The lowest BCUT2D eigenvalue weighted by Crippen LogP contribution is -2.53. The molecular weight excluding hydrogens is 332 g/mol. The number of nitrogens with one attached hydrogen (secondary N) is 1. The molecule has 1 aromatic carbocycles. The van der Waals surface area contributed by atoms with Crippen LogP contribution in [-0.2, 0) is 9.59 Å². The lowest BCUT2D eigenvalue weighted by atomic mass is 10.2. The molecule has 0 aromatic heterocycles. The van der Waals surface area contributed by atoms with Gasteiger partial charge in [0, 0.05) is 49.9 Å². The molecular formula is C16H19ClN4O3. The SMILES string of the molecule is O=CN1CCN(C(=O)N[C@@H]2CC(=O)N(c3ccc(Cl)cc3)C2)CC1. The number of carbonyl (C=O) groups excluding carboxylic acids is 3. The average molecular weight is 351 g/mol. The molecule has 1 N–H and O–H groups in total. The Labute approximate surface area is 145 Å². The zero-order valence-electron chi connectivity index (χ0n) is 13.2. The Morgan fingerprint density at radius 2 is 1.83 bits per heavy atom. The summed E-state index contributed by atoms with van der Waals surface area (Å²) < 4.78 is 0. The molecule has 2 aliphatic heterocycles. The molecule has 2 aliphatic rings. The molecule has 0 radical (unpaired) electrons. The highest BCUT2D eigenvalue weighted by Gasteiger charge is 2.32. The van der Waals surface area contributed by atoms with Gasteiger partial charge in [0.15, 0.2) is 0 Å². The van der Waals surface area contributed by atoms with E-state index in [9.17, 15) is 14.4 Å². The fraction of sp³-hybridized carbons (Fsp3) is 0.438.